The first kappa shape index (κ1) is 23.9. The number of methoxy groups -OCH3 is 1. The van der Waals surface area contributed by atoms with Gasteiger partial charge in [-0.2, -0.15) is 11.3 Å². The van der Waals surface area contributed by atoms with Crippen molar-refractivity contribution in [2.45, 2.75) is 19.3 Å². The number of benzene rings is 1. The van der Waals surface area contributed by atoms with Crippen LogP contribution >= 0.6 is 11.3 Å². The summed E-state index contributed by atoms with van der Waals surface area (Å²) in [6.07, 6.45) is 2.16. The van der Waals surface area contributed by atoms with E-state index in [1.807, 2.05) is 21.7 Å². The number of aromatic nitrogens is 1. The molecule has 3 aromatic rings. The number of thiophene rings is 1. The summed E-state index contributed by atoms with van der Waals surface area (Å²) in [5, 5.41) is 14.1. The molecule has 8 heteroatoms. The number of Topliss-reactive ketones (excluding diaryl/α,β-unsaturated/α-hetero) is 1. The van der Waals surface area contributed by atoms with E-state index in [4.69, 9.17) is 4.74 Å². The maximum atomic E-state index is 14.6. The van der Waals surface area contributed by atoms with Crippen molar-refractivity contribution < 1.29 is 23.8 Å². The number of nitrogens with zero attached hydrogens (tertiary/aromatic N) is 2. The first-order chi connectivity index (χ1) is 16.5. The van der Waals surface area contributed by atoms with Crippen molar-refractivity contribution in [3.63, 3.8) is 0 Å². The number of carbonyl (C=O) groups excluding carboxylic acids is 1. The van der Waals surface area contributed by atoms with Gasteiger partial charge >= 0.3 is 5.97 Å². The van der Waals surface area contributed by atoms with Crippen molar-refractivity contribution in [1.82, 2.24) is 9.88 Å². The van der Waals surface area contributed by atoms with Crippen LogP contribution in [-0.4, -0.2) is 53.5 Å². The zero-order chi connectivity index (χ0) is 24.1. The van der Waals surface area contributed by atoms with Gasteiger partial charge in [0.25, 0.3) is 0 Å². The van der Waals surface area contributed by atoms with Crippen LogP contribution in [-0.2, 0) is 4.79 Å². The molecule has 0 bridgehead atoms. The summed E-state index contributed by atoms with van der Waals surface area (Å²) in [5.74, 6) is 4.05. The van der Waals surface area contributed by atoms with Crippen molar-refractivity contribution >= 4 is 34.0 Å². The molecule has 34 heavy (non-hydrogen) atoms. The van der Waals surface area contributed by atoms with E-state index >= 15 is 0 Å². The molecule has 1 aliphatic rings. The molecule has 1 fully saturated rings. The average molecular weight is 481 g/mol. The number of carboxylic acid groups (broad SMARTS) is 1. The lowest BCUT2D eigenvalue weighted by atomic mass is 9.81. The monoisotopic (exact) mass is 480 g/mol. The summed E-state index contributed by atoms with van der Waals surface area (Å²) < 4.78 is 19.8. The smallest absolute Gasteiger partial charge is 0.308 e. The number of carbonyl (C=O) groups is 2. The second-order valence-corrected chi connectivity index (χ2v) is 9.15. The second-order valence-electron chi connectivity index (χ2n) is 8.37. The normalized spacial score (nSPS) is 18.3. The quantitative estimate of drug-likeness (QED) is 0.397. The highest BCUT2D eigenvalue weighted by Crippen LogP contribution is 2.30. The summed E-state index contributed by atoms with van der Waals surface area (Å²) in [5.41, 5.74) is 1.45. The third kappa shape index (κ3) is 5.44. The van der Waals surface area contributed by atoms with Crippen LogP contribution in [0.5, 0.6) is 5.75 Å². The SMILES string of the molecule is COc1ccc2ncc(F)c(C(=O)CCC3CCN(CC#Cc4ccsc4)CC3C(=O)O)c2c1. The zero-order valence-corrected chi connectivity index (χ0v) is 19.6. The summed E-state index contributed by atoms with van der Waals surface area (Å²) in [6, 6.07) is 6.94. The molecule has 2 unspecified atom stereocenters. The number of pyridine rings is 1. The van der Waals surface area contributed by atoms with Gasteiger partial charge in [0.1, 0.15) is 5.75 Å². The number of ketones is 1. The minimum atomic E-state index is -0.877. The Hall–Kier alpha value is -3.28. The molecule has 6 nitrogen and oxygen atoms in total. The van der Waals surface area contributed by atoms with E-state index in [-0.39, 0.29) is 23.7 Å². The van der Waals surface area contributed by atoms with E-state index in [9.17, 15) is 19.1 Å². The van der Waals surface area contributed by atoms with Gasteiger partial charge in [-0.05, 0) is 54.9 Å². The zero-order valence-electron chi connectivity index (χ0n) is 18.8. The van der Waals surface area contributed by atoms with Gasteiger partial charge in [0, 0.05) is 29.3 Å². The maximum Gasteiger partial charge on any atom is 0.308 e. The molecule has 1 saturated heterocycles. The number of rotatable bonds is 7. The van der Waals surface area contributed by atoms with Gasteiger partial charge in [0.2, 0.25) is 0 Å². The molecule has 0 amide bonds. The van der Waals surface area contributed by atoms with Crippen LogP contribution in [0.1, 0.15) is 35.2 Å². The number of piperidine rings is 1. The molecule has 0 spiro atoms. The first-order valence-corrected chi connectivity index (χ1v) is 12.0. The Kier molecular flexibility index (Phi) is 7.56. The van der Waals surface area contributed by atoms with Gasteiger partial charge in [0.05, 0.1) is 36.8 Å². The number of fused-ring (bicyclic) bond motifs is 1. The van der Waals surface area contributed by atoms with Gasteiger partial charge in [-0.15, -0.1) is 0 Å². The van der Waals surface area contributed by atoms with E-state index < -0.39 is 17.7 Å². The minimum absolute atomic E-state index is 0.0167. The molecule has 2 atom stereocenters. The third-order valence-electron chi connectivity index (χ3n) is 6.26. The molecule has 0 radical (unpaired) electrons. The molecule has 4 rings (SSSR count). The Morgan fingerprint density at radius 1 is 1.35 bits per heavy atom. The molecule has 1 aliphatic heterocycles. The van der Waals surface area contributed by atoms with Gasteiger partial charge in [-0.25, -0.2) is 4.39 Å². The molecule has 0 saturated carbocycles. The van der Waals surface area contributed by atoms with Crippen molar-refractivity contribution in [2.24, 2.45) is 11.8 Å². The molecule has 0 aliphatic carbocycles. The highest BCUT2D eigenvalue weighted by Gasteiger charge is 2.34. The number of likely N-dealkylation sites (tertiary alicyclic amines) is 1. The number of halogens is 1. The predicted octanol–water partition coefficient (Wildman–Crippen LogP) is 4.48. The number of hydrogen-bond donors (Lipinski definition) is 1. The molecule has 2 aromatic heterocycles. The van der Waals surface area contributed by atoms with Crippen LogP contribution in [0.2, 0.25) is 0 Å². The Balaban J connectivity index is 1.42. The van der Waals surface area contributed by atoms with Gasteiger partial charge in [-0.1, -0.05) is 11.8 Å². The lowest BCUT2D eigenvalue weighted by Crippen LogP contribution is -2.44. The van der Waals surface area contributed by atoms with Crippen molar-refractivity contribution in [3.05, 3.63) is 58.2 Å². The van der Waals surface area contributed by atoms with E-state index in [1.54, 1.807) is 29.5 Å². The van der Waals surface area contributed by atoms with Crippen LogP contribution in [0.25, 0.3) is 10.9 Å². The summed E-state index contributed by atoms with van der Waals surface area (Å²) >= 11 is 1.58. The lowest BCUT2D eigenvalue weighted by Gasteiger charge is -2.35. The molecule has 3 heterocycles. The van der Waals surface area contributed by atoms with Crippen molar-refractivity contribution in [2.75, 3.05) is 26.7 Å². The third-order valence-corrected chi connectivity index (χ3v) is 6.95. The topological polar surface area (TPSA) is 79.7 Å². The Morgan fingerprint density at radius 2 is 2.21 bits per heavy atom. The predicted molar refractivity (Wildman–Crippen MR) is 129 cm³/mol. The van der Waals surface area contributed by atoms with Crippen LogP contribution in [0.15, 0.2) is 41.2 Å². The number of ether oxygens (including phenoxy) is 1. The minimum Gasteiger partial charge on any atom is -0.497 e. The highest BCUT2D eigenvalue weighted by atomic mass is 32.1. The summed E-state index contributed by atoms with van der Waals surface area (Å²) in [6.45, 7) is 1.60. The van der Waals surface area contributed by atoms with E-state index in [1.165, 1.54) is 7.11 Å². The number of carboxylic acids is 1. The van der Waals surface area contributed by atoms with E-state index in [0.717, 1.165) is 11.8 Å². The molecular weight excluding hydrogens is 455 g/mol. The fraction of sp³-hybridized carbons (Fsp3) is 0.346. The van der Waals surface area contributed by atoms with Crippen LogP contribution < -0.4 is 4.74 Å². The van der Waals surface area contributed by atoms with Crippen LogP contribution in [0, 0.1) is 29.5 Å². The van der Waals surface area contributed by atoms with Crippen molar-refractivity contribution in [3.8, 4) is 17.6 Å². The summed E-state index contributed by atoms with van der Waals surface area (Å²) in [7, 11) is 1.50. The second kappa shape index (κ2) is 10.8. The number of aliphatic carboxylic acids is 1. The molecule has 1 aromatic carbocycles. The maximum absolute atomic E-state index is 14.6. The van der Waals surface area contributed by atoms with Crippen molar-refractivity contribution in [1.29, 1.82) is 0 Å². The summed E-state index contributed by atoms with van der Waals surface area (Å²) in [4.78, 5) is 31.1. The Labute approximate surface area is 201 Å². The highest BCUT2D eigenvalue weighted by molar-refractivity contribution is 7.08. The Bertz CT molecular complexity index is 1250. The largest absolute Gasteiger partial charge is 0.497 e. The van der Waals surface area contributed by atoms with Crippen LogP contribution in [0.4, 0.5) is 4.39 Å². The molecular formula is C26H25FN2O4S. The van der Waals surface area contributed by atoms with Gasteiger partial charge in [0.15, 0.2) is 11.6 Å². The van der Waals surface area contributed by atoms with Gasteiger partial charge < -0.3 is 9.84 Å². The lowest BCUT2D eigenvalue weighted by molar-refractivity contribution is -0.146. The van der Waals surface area contributed by atoms with Crippen LogP contribution in [0.3, 0.4) is 0 Å². The fourth-order valence-electron chi connectivity index (χ4n) is 4.43. The Morgan fingerprint density at radius 3 is 2.94 bits per heavy atom. The van der Waals surface area contributed by atoms with E-state index in [2.05, 4.69) is 16.8 Å². The average Bonchev–Trinajstić information content (AvgIpc) is 3.36. The van der Waals surface area contributed by atoms with Gasteiger partial charge in [-0.3, -0.25) is 19.5 Å². The van der Waals surface area contributed by atoms with E-state index in [0.29, 0.717) is 49.1 Å². The molecule has 176 valence electrons. The first-order valence-electron chi connectivity index (χ1n) is 11.1. The number of hydrogen-bond acceptors (Lipinski definition) is 6. The standard InChI is InChI=1S/C26H25FN2O4S/c1-33-19-5-6-23-20(13-19)25(22(27)14-28-23)24(30)7-4-18-8-11-29(15-21(18)26(31)32)10-2-3-17-9-12-34-16-17/h5-6,9,12-14,16,18,21H,4,7-8,10-11,15H2,1H3,(H,31,32). The molecule has 1 N–H and O–H groups in total. The fourth-order valence-corrected chi connectivity index (χ4v) is 5.01.